The molecule has 0 saturated heterocycles. The van der Waals surface area contributed by atoms with E-state index in [1.54, 1.807) is 0 Å². The van der Waals surface area contributed by atoms with Crippen molar-refractivity contribution in [3.63, 3.8) is 0 Å². The molecule has 18 heavy (non-hydrogen) atoms. The van der Waals surface area contributed by atoms with Crippen LogP contribution in [0.4, 0.5) is 15.0 Å². The van der Waals surface area contributed by atoms with Crippen molar-refractivity contribution >= 4 is 11.9 Å². The Morgan fingerprint density at radius 2 is 2.28 bits per heavy atom. The maximum absolute atomic E-state index is 13.0. The molecule has 0 aromatic carbocycles. The quantitative estimate of drug-likeness (QED) is 0.482. The first-order valence-electron chi connectivity index (χ1n) is 5.44. The lowest BCUT2D eigenvalue weighted by molar-refractivity contribution is -0.239. The van der Waals surface area contributed by atoms with Crippen LogP contribution in [0.3, 0.4) is 0 Å². The van der Waals surface area contributed by atoms with Gasteiger partial charge in [-0.3, -0.25) is 4.89 Å². The fourth-order valence-corrected chi connectivity index (χ4v) is 1.12. The molecule has 0 bridgehead atoms. The minimum absolute atomic E-state index is 0.208. The van der Waals surface area contributed by atoms with Crippen LogP contribution in [0.5, 0.6) is 0 Å². The van der Waals surface area contributed by atoms with E-state index in [0.29, 0.717) is 17.2 Å². The summed E-state index contributed by atoms with van der Waals surface area (Å²) in [6, 6.07) is 0. The minimum Gasteiger partial charge on any atom is -0.381 e. The summed E-state index contributed by atoms with van der Waals surface area (Å²) in [4.78, 5) is 34.6. The first kappa shape index (κ1) is 14.1. The lowest BCUT2D eigenvalue weighted by Gasteiger charge is -2.05. The molecule has 0 fully saturated rings. The number of nitrogen functional groups attached to an aromatic ring is 1. The number of nitrogens with two attached hydrogens (primary N) is 1. The van der Waals surface area contributed by atoms with Crippen LogP contribution in [-0.2, 0) is 9.78 Å². The lowest BCUT2D eigenvalue weighted by atomic mass is 10.3. The van der Waals surface area contributed by atoms with Crippen LogP contribution in [0.2, 0.25) is 0 Å². The van der Waals surface area contributed by atoms with E-state index in [-0.39, 0.29) is 6.61 Å². The van der Waals surface area contributed by atoms with E-state index in [0.717, 1.165) is 12.8 Å². The molecule has 0 spiro atoms. The van der Waals surface area contributed by atoms with Gasteiger partial charge in [-0.2, -0.15) is 14.4 Å². The zero-order chi connectivity index (χ0) is 13.5. The minimum atomic E-state index is -1.16. The van der Waals surface area contributed by atoms with Crippen molar-refractivity contribution < 1.29 is 19.0 Å². The van der Waals surface area contributed by atoms with E-state index in [1.165, 1.54) is 0 Å². The van der Waals surface area contributed by atoms with Crippen LogP contribution >= 0.6 is 0 Å². The van der Waals surface area contributed by atoms with Gasteiger partial charge in [0, 0.05) is 0 Å². The number of carbonyl (C=O) groups is 1. The Morgan fingerprint density at radius 3 is 2.94 bits per heavy atom. The van der Waals surface area contributed by atoms with Gasteiger partial charge in [-0.05, 0) is 6.42 Å². The summed E-state index contributed by atoms with van der Waals surface area (Å²) in [7, 11) is 0. The second-order valence-corrected chi connectivity index (χ2v) is 3.50. The van der Waals surface area contributed by atoms with E-state index >= 15 is 0 Å². The molecular weight excluding hydrogens is 245 g/mol. The summed E-state index contributed by atoms with van der Waals surface area (Å²) in [5.41, 5.74) is 4.03. The van der Waals surface area contributed by atoms with Crippen molar-refractivity contribution in [3.8, 4) is 0 Å². The van der Waals surface area contributed by atoms with Crippen LogP contribution in [-0.4, -0.2) is 22.3 Å². The lowest BCUT2D eigenvalue weighted by Crippen LogP contribution is -2.31. The maximum atomic E-state index is 13.0. The zero-order valence-electron chi connectivity index (χ0n) is 9.89. The number of hydrogen-bond donors (Lipinski definition) is 1. The van der Waals surface area contributed by atoms with Gasteiger partial charge >= 0.3 is 11.8 Å². The van der Waals surface area contributed by atoms with Gasteiger partial charge in [0.25, 0.3) is 0 Å². The number of unbranched alkanes of at least 4 members (excludes halogenated alkanes) is 2. The normalized spacial score (nSPS) is 10.3. The third kappa shape index (κ3) is 3.81. The highest BCUT2D eigenvalue weighted by Crippen LogP contribution is 2.01. The first-order chi connectivity index (χ1) is 8.56. The summed E-state index contributed by atoms with van der Waals surface area (Å²) >= 11 is 0. The number of aromatic nitrogens is 2. The van der Waals surface area contributed by atoms with Crippen molar-refractivity contribution in [1.29, 1.82) is 0 Å². The predicted octanol–water partition coefficient (Wildman–Crippen LogP) is 1.07. The van der Waals surface area contributed by atoms with Gasteiger partial charge in [0.2, 0.25) is 0 Å². The SMILES string of the molecule is CCCCCOOC(=O)n1cc(F)c(N)nc1=O. The van der Waals surface area contributed by atoms with Crippen LogP contribution in [0.25, 0.3) is 0 Å². The average molecular weight is 259 g/mol. The molecule has 7 nitrogen and oxygen atoms in total. The number of halogens is 1. The zero-order valence-corrected chi connectivity index (χ0v) is 9.89. The average Bonchev–Trinajstić information content (AvgIpc) is 2.33. The number of anilines is 1. The van der Waals surface area contributed by atoms with E-state index in [2.05, 4.69) is 14.8 Å². The molecule has 1 rings (SSSR count). The molecule has 1 aromatic heterocycles. The van der Waals surface area contributed by atoms with Gasteiger partial charge in [0.15, 0.2) is 11.6 Å². The molecule has 0 saturated carbocycles. The van der Waals surface area contributed by atoms with Gasteiger partial charge in [0.05, 0.1) is 12.8 Å². The molecule has 2 N–H and O–H groups in total. The first-order valence-corrected chi connectivity index (χ1v) is 5.44. The van der Waals surface area contributed by atoms with Gasteiger partial charge in [-0.15, -0.1) is 0 Å². The Balaban J connectivity index is 2.57. The van der Waals surface area contributed by atoms with Crippen molar-refractivity contribution in [1.82, 2.24) is 9.55 Å². The van der Waals surface area contributed by atoms with Gasteiger partial charge < -0.3 is 5.73 Å². The topological polar surface area (TPSA) is 96.4 Å². The summed E-state index contributed by atoms with van der Waals surface area (Å²) in [6.07, 6.45) is 2.07. The largest absolute Gasteiger partial charge is 0.453 e. The van der Waals surface area contributed by atoms with Crippen LogP contribution in [0, 0.1) is 5.82 Å². The fourth-order valence-electron chi connectivity index (χ4n) is 1.12. The number of rotatable bonds is 5. The van der Waals surface area contributed by atoms with Crippen molar-refractivity contribution in [2.45, 2.75) is 26.2 Å². The van der Waals surface area contributed by atoms with E-state index in [4.69, 9.17) is 5.73 Å². The third-order valence-corrected chi connectivity index (χ3v) is 2.07. The van der Waals surface area contributed by atoms with Crippen molar-refractivity contribution in [2.75, 3.05) is 12.3 Å². The van der Waals surface area contributed by atoms with Gasteiger partial charge in [-0.25, -0.2) is 14.0 Å². The van der Waals surface area contributed by atoms with Crippen molar-refractivity contribution in [2.24, 2.45) is 0 Å². The molecular formula is C10H14FN3O4. The summed E-state index contributed by atoms with van der Waals surface area (Å²) in [5, 5.41) is 0. The van der Waals surface area contributed by atoms with Crippen LogP contribution < -0.4 is 11.4 Å². The molecule has 0 aliphatic rings. The Labute approximate surface area is 102 Å². The van der Waals surface area contributed by atoms with Crippen LogP contribution in [0.1, 0.15) is 26.2 Å². The van der Waals surface area contributed by atoms with E-state index < -0.39 is 23.4 Å². The highest BCUT2D eigenvalue weighted by molar-refractivity contribution is 5.69. The predicted molar refractivity (Wildman–Crippen MR) is 60.2 cm³/mol. The summed E-state index contributed by atoms with van der Waals surface area (Å²) < 4.78 is 13.4. The number of carbonyl (C=O) groups excluding carboxylic acids is 1. The Bertz CT molecular complexity index is 475. The number of hydrogen-bond acceptors (Lipinski definition) is 6. The second-order valence-electron chi connectivity index (χ2n) is 3.50. The highest BCUT2D eigenvalue weighted by Gasteiger charge is 2.13. The third-order valence-electron chi connectivity index (χ3n) is 2.07. The Hall–Kier alpha value is -1.96. The molecule has 0 aliphatic heterocycles. The molecule has 1 heterocycles. The van der Waals surface area contributed by atoms with Gasteiger partial charge in [0.1, 0.15) is 0 Å². The molecule has 0 aliphatic carbocycles. The smallest absolute Gasteiger partial charge is 0.381 e. The summed E-state index contributed by atoms with van der Waals surface area (Å²) in [5.74, 6) is -1.56. The second kappa shape index (κ2) is 6.70. The molecule has 8 heteroatoms. The molecule has 0 unspecified atom stereocenters. The molecule has 1 aromatic rings. The Morgan fingerprint density at radius 1 is 1.56 bits per heavy atom. The molecule has 0 radical (unpaired) electrons. The monoisotopic (exact) mass is 259 g/mol. The fraction of sp³-hybridized carbons (Fsp3) is 0.500. The standard InChI is InChI=1S/C10H14FN3O4/c1-2-3-4-5-17-18-10(16)14-6-7(11)8(12)13-9(14)15/h6H,2-5H2,1H3,(H2,12,13,15). The molecule has 0 amide bonds. The number of nitrogens with zero attached hydrogens (tertiary/aromatic N) is 2. The maximum Gasteiger partial charge on any atom is 0.453 e. The van der Waals surface area contributed by atoms with E-state index in [9.17, 15) is 14.0 Å². The highest BCUT2D eigenvalue weighted by atomic mass is 19.1. The van der Waals surface area contributed by atoms with E-state index in [1.807, 2.05) is 6.92 Å². The molecule has 100 valence electrons. The van der Waals surface area contributed by atoms with Crippen molar-refractivity contribution in [3.05, 3.63) is 22.5 Å². The molecule has 0 atom stereocenters. The Kier molecular flexibility index (Phi) is 5.25. The summed E-state index contributed by atoms with van der Waals surface area (Å²) in [6.45, 7) is 2.22. The van der Waals surface area contributed by atoms with Gasteiger partial charge in [-0.1, -0.05) is 19.8 Å². The van der Waals surface area contributed by atoms with Crippen LogP contribution in [0.15, 0.2) is 11.0 Å².